The number of nitrogens with zero attached hydrogens (tertiary/aromatic N) is 1. The number of rotatable bonds is 8. The second-order valence-corrected chi connectivity index (χ2v) is 7.45. The van der Waals surface area contributed by atoms with Crippen molar-refractivity contribution in [2.75, 3.05) is 32.8 Å². The third kappa shape index (κ3) is 4.06. The molecule has 1 saturated carbocycles. The molecule has 0 bridgehead atoms. The van der Waals surface area contributed by atoms with Gasteiger partial charge in [-0.05, 0) is 24.3 Å². The van der Waals surface area contributed by atoms with Gasteiger partial charge in [0.2, 0.25) is 5.91 Å². The van der Waals surface area contributed by atoms with Crippen molar-refractivity contribution in [3.8, 4) is 0 Å². The van der Waals surface area contributed by atoms with Crippen molar-refractivity contribution < 1.29 is 9.53 Å². The number of benzene rings is 1. The summed E-state index contributed by atoms with van der Waals surface area (Å²) in [6, 6.07) is 10.7. The maximum atomic E-state index is 13.0. The van der Waals surface area contributed by atoms with Crippen molar-refractivity contribution in [3.63, 3.8) is 0 Å². The first kappa shape index (κ1) is 18.4. The van der Waals surface area contributed by atoms with Crippen LogP contribution in [0.3, 0.4) is 0 Å². The zero-order chi connectivity index (χ0) is 17.7. The minimum absolute atomic E-state index is 0.211. The number of hydrogen-bond donors (Lipinski definition) is 1. The minimum Gasteiger partial charge on any atom is -0.379 e. The number of nitrogens with one attached hydrogen (secondary N) is 1. The number of carbonyl (C=O) groups is 1. The van der Waals surface area contributed by atoms with E-state index in [1.54, 1.807) is 0 Å². The van der Waals surface area contributed by atoms with Gasteiger partial charge in [-0.2, -0.15) is 0 Å². The van der Waals surface area contributed by atoms with Crippen molar-refractivity contribution in [3.05, 3.63) is 35.9 Å². The minimum atomic E-state index is -0.273. The number of morpholine rings is 1. The topological polar surface area (TPSA) is 41.6 Å². The van der Waals surface area contributed by atoms with Gasteiger partial charge in [0, 0.05) is 25.7 Å². The van der Waals surface area contributed by atoms with E-state index in [4.69, 9.17) is 4.74 Å². The molecule has 0 spiro atoms. The van der Waals surface area contributed by atoms with Crippen LogP contribution in [0.15, 0.2) is 30.3 Å². The lowest BCUT2D eigenvalue weighted by Gasteiger charge is -2.39. The monoisotopic (exact) mass is 344 g/mol. The third-order valence-corrected chi connectivity index (χ3v) is 6.09. The number of ether oxygens (including phenoxy) is 1. The largest absolute Gasteiger partial charge is 0.379 e. The van der Waals surface area contributed by atoms with Crippen LogP contribution >= 0.6 is 0 Å². The van der Waals surface area contributed by atoms with Gasteiger partial charge in [0.25, 0.3) is 0 Å². The number of amides is 1. The molecule has 1 aliphatic heterocycles. The van der Waals surface area contributed by atoms with Gasteiger partial charge < -0.3 is 10.1 Å². The second-order valence-electron chi connectivity index (χ2n) is 7.45. The highest BCUT2D eigenvalue weighted by Crippen LogP contribution is 2.48. The van der Waals surface area contributed by atoms with E-state index in [1.807, 2.05) is 18.2 Å². The molecule has 1 aromatic carbocycles. The van der Waals surface area contributed by atoms with Crippen molar-refractivity contribution in [1.29, 1.82) is 0 Å². The Morgan fingerprint density at radius 2 is 1.80 bits per heavy atom. The highest BCUT2D eigenvalue weighted by Gasteiger charge is 2.51. The summed E-state index contributed by atoms with van der Waals surface area (Å²) in [5.74, 6) is 0.827. The van der Waals surface area contributed by atoms with Crippen LogP contribution in [0.25, 0.3) is 0 Å². The molecule has 1 unspecified atom stereocenters. The molecule has 1 aliphatic carbocycles. The molecule has 25 heavy (non-hydrogen) atoms. The SMILES string of the molecule is CCC(CC)C(CNC(=O)C1(c2ccccc2)CC1)N1CCOCC1. The van der Waals surface area contributed by atoms with Crippen molar-refractivity contribution in [2.24, 2.45) is 5.92 Å². The van der Waals surface area contributed by atoms with Gasteiger partial charge in [0.1, 0.15) is 0 Å². The average molecular weight is 344 g/mol. The Balaban J connectivity index is 1.65. The van der Waals surface area contributed by atoms with E-state index >= 15 is 0 Å². The van der Waals surface area contributed by atoms with Gasteiger partial charge in [0.05, 0.1) is 18.6 Å². The number of hydrogen-bond acceptors (Lipinski definition) is 3. The molecule has 2 fully saturated rings. The fraction of sp³-hybridized carbons (Fsp3) is 0.667. The molecule has 3 rings (SSSR count). The van der Waals surface area contributed by atoms with Crippen LogP contribution in [0.4, 0.5) is 0 Å². The van der Waals surface area contributed by atoms with Crippen LogP contribution in [0.5, 0.6) is 0 Å². The smallest absolute Gasteiger partial charge is 0.230 e. The van der Waals surface area contributed by atoms with Gasteiger partial charge in [-0.15, -0.1) is 0 Å². The van der Waals surface area contributed by atoms with Crippen LogP contribution in [0.1, 0.15) is 45.1 Å². The van der Waals surface area contributed by atoms with E-state index < -0.39 is 0 Å². The highest BCUT2D eigenvalue weighted by molar-refractivity contribution is 5.91. The zero-order valence-corrected chi connectivity index (χ0v) is 15.7. The fourth-order valence-corrected chi connectivity index (χ4v) is 4.23. The molecule has 138 valence electrons. The molecular formula is C21H32N2O2. The third-order valence-electron chi connectivity index (χ3n) is 6.09. The molecular weight excluding hydrogens is 312 g/mol. The summed E-state index contributed by atoms with van der Waals surface area (Å²) in [6.07, 6.45) is 4.24. The van der Waals surface area contributed by atoms with Crippen LogP contribution < -0.4 is 5.32 Å². The Morgan fingerprint density at radius 1 is 1.16 bits per heavy atom. The maximum Gasteiger partial charge on any atom is 0.230 e. The van der Waals surface area contributed by atoms with E-state index in [0.29, 0.717) is 12.0 Å². The Hall–Kier alpha value is -1.39. The van der Waals surface area contributed by atoms with Gasteiger partial charge in [-0.3, -0.25) is 9.69 Å². The summed E-state index contributed by atoms with van der Waals surface area (Å²) in [5, 5.41) is 3.31. The summed E-state index contributed by atoms with van der Waals surface area (Å²) in [4.78, 5) is 15.5. The predicted octanol–water partition coefficient (Wildman–Crippen LogP) is 2.97. The highest BCUT2D eigenvalue weighted by atomic mass is 16.5. The van der Waals surface area contributed by atoms with Crippen molar-refractivity contribution >= 4 is 5.91 Å². The summed E-state index contributed by atoms with van der Waals surface area (Å²) in [5.41, 5.74) is 0.892. The Kier molecular flexibility index (Phi) is 6.13. The molecule has 1 heterocycles. The van der Waals surface area contributed by atoms with E-state index in [0.717, 1.165) is 64.1 Å². The molecule has 1 N–H and O–H groups in total. The van der Waals surface area contributed by atoms with E-state index in [9.17, 15) is 4.79 Å². The quantitative estimate of drug-likeness (QED) is 0.788. The van der Waals surface area contributed by atoms with E-state index in [-0.39, 0.29) is 11.3 Å². The summed E-state index contributed by atoms with van der Waals surface area (Å²) in [6.45, 7) is 8.82. The second kappa shape index (κ2) is 8.33. The van der Waals surface area contributed by atoms with E-state index in [1.165, 1.54) is 0 Å². The molecule has 0 aromatic heterocycles. The maximum absolute atomic E-state index is 13.0. The molecule has 1 amide bonds. The summed E-state index contributed by atoms with van der Waals surface area (Å²) >= 11 is 0. The van der Waals surface area contributed by atoms with Gasteiger partial charge in [0.15, 0.2) is 0 Å². The Morgan fingerprint density at radius 3 is 2.36 bits per heavy atom. The van der Waals surface area contributed by atoms with Crippen LogP contribution in [-0.2, 0) is 14.9 Å². The Labute approximate surface area is 151 Å². The zero-order valence-electron chi connectivity index (χ0n) is 15.7. The van der Waals surface area contributed by atoms with Crippen molar-refractivity contribution in [1.82, 2.24) is 10.2 Å². The normalized spacial score (nSPS) is 21.1. The van der Waals surface area contributed by atoms with Crippen LogP contribution in [-0.4, -0.2) is 49.7 Å². The van der Waals surface area contributed by atoms with Gasteiger partial charge in [-0.25, -0.2) is 0 Å². The molecule has 1 atom stereocenters. The molecule has 4 nitrogen and oxygen atoms in total. The Bertz CT molecular complexity index is 546. The van der Waals surface area contributed by atoms with Crippen molar-refractivity contribution in [2.45, 2.75) is 51.0 Å². The molecule has 1 saturated heterocycles. The average Bonchev–Trinajstić information content (AvgIpc) is 3.48. The fourth-order valence-electron chi connectivity index (χ4n) is 4.23. The van der Waals surface area contributed by atoms with Crippen LogP contribution in [0.2, 0.25) is 0 Å². The first-order chi connectivity index (χ1) is 12.2. The first-order valence-corrected chi connectivity index (χ1v) is 9.87. The van der Waals surface area contributed by atoms with Gasteiger partial charge in [-0.1, -0.05) is 57.0 Å². The first-order valence-electron chi connectivity index (χ1n) is 9.87. The predicted molar refractivity (Wildman–Crippen MR) is 101 cm³/mol. The lowest BCUT2D eigenvalue weighted by Crippen LogP contribution is -2.53. The molecule has 2 aliphatic rings. The standard InChI is InChI=1S/C21H32N2O2/c1-3-17(4-2)19(23-12-14-25-15-13-23)16-22-20(24)21(10-11-21)18-8-6-5-7-9-18/h5-9,17,19H,3-4,10-16H2,1-2H3,(H,22,24). The lowest BCUT2D eigenvalue weighted by molar-refractivity contribution is -0.124. The lowest BCUT2D eigenvalue weighted by atomic mass is 9.91. The van der Waals surface area contributed by atoms with Crippen LogP contribution in [0, 0.1) is 5.92 Å². The van der Waals surface area contributed by atoms with Gasteiger partial charge >= 0.3 is 0 Å². The molecule has 1 aromatic rings. The summed E-state index contributed by atoms with van der Waals surface area (Å²) < 4.78 is 5.52. The number of carbonyl (C=O) groups excluding carboxylic acids is 1. The van der Waals surface area contributed by atoms with E-state index in [2.05, 4.69) is 36.2 Å². The summed E-state index contributed by atoms with van der Waals surface area (Å²) in [7, 11) is 0. The molecule has 0 radical (unpaired) electrons. The molecule has 4 heteroatoms.